The lowest BCUT2D eigenvalue weighted by Crippen LogP contribution is -2.46. The van der Waals surface area contributed by atoms with E-state index >= 15 is 0 Å². The molecule has 1 N–H and O–H groups in total. The van der Waals surface area contributed by atoms with Crippen LogP contribution >= 0.6 is 0 Å². The molecule has 5 heteroatoms. The minimum Gasteiger partial charge on any atom is -0.353 e. The standard InChI is InChI=1S/C18H21N5/c1-13-11-18(23-17(20-13)10-14(2)21-23)22-9-8-19-16(12-22)15-6-4-3-5-7-15/h3-7,10-11,16,19H,8-9,12H2,1-2H3/t16-/m0/s1. The van der Waals surface area contributed by atoms with Crippen LogP contribution in [0, 0.1) is 13.8 Å². The van der Waals surface area contributed by atoms with Crippen LogP contribution in [-0.4, -0.2) is 34.2 Å². The first-order chi connectivity index (χ1) is 11.2. The predicted molar refractivity (Wildman–Crippen MR) is 91.9 cm³/mol. The average Bonchev–Trinajstić information content (AvgIpc) is 2.95. The van der Waals surface area contributed by atoms with E-state index in [1.54, 1.807) is 0 Å². The van der Waals surface area contributed by atoms with E-state index in [0.29, 0.717) is 6.04 Å². The monoisotopic (exact) mass is 307 g/mol. The normalized spacial score (nSPS) is 18.5. The van der Waals surface area contributed by atoms with Crippen LogP contribution in [0.1, 0.15) is 23.0 Å². The van der Waals surface area contributed by atoms with Gasteiger partial charge in [0.15, 0.2) is 5.65 Å². The van der Waals surface area contributed by atoms with Crippen molar-refractivity contribution in [3.8, 4) is 0 Å². The summed E-state index contributed by atoms with van der Waals surface area (Å²) in [6.45, 7) is 6.92. The van der Waals surface area contributed by atoms with Gasteiger partial charge in [0.1, 0.15) is 5.82 Å². The lowest BCUT2D eigenvalue weighted by atomic mass is 10.0. The highest BCUT2D eigenvalue weighted by molar-refractivity contribution is 5.52. The topological polar surface area (TPSA) is 45.5 Å². The van der Waals surface area contributed by atoms with Crippen molar-refractivity contribution in [3.05, 3.63) is 59.4 Å². The van der Waals surface area contributed by atoms with Crippen LogP contribution in [0.5, 0.6) is 0 Å². The van der Waals surface area contributed by atoms with Gasteiger partial charge < -0.3 is 10.2 Å². The molecule has 1 fully saturated rings. The second-order valence-corrected chi connectivity index (χ2v) is 6.17. The van der Waals surface area contributed by atoms with Crippen LogP contribution in [0.3, 0.4) is 0 Å². The number of aromatic nitrogens is 3. The van der Waals surface area contributed by atoms with Crippen molar-refractivity contribution in [2.45, 2.75) is 19.9 Å². The highest BCUT2D eigenvalue weighted by atomic mass is 15.4. The highest BCUT2D eigenvalue weighted by Gasteiger charge is 2.23. The van der Waals surface area contributed by atoms with Gasteiger partial charge in [-0.15, -0.1) is 0 Å². The summed E-state index contributed by atoms with van der Waals surface area (Å²) < 4.78 is 1.97. The zero-order valence-corrected chi connectivity index (χ0v) is 13.5. The number of benzene rings is 1. The summed E-state index contributed by atoms with van der Waals surface area (Å²) >= 11 is 0. The molecule has 0 spiro atoms. The number of fused-ring (bicyclic) bond motifs is 1. The van der Waals surface area contributed by atoms with Gasteiger partial charge in [0, 0.05) is 43.5 Å². The lowest BCUT2D eigenvalue weighted by molar-refractivity contribution is 0.467. The molecule has 1 aliphatic rings. The number of aryl methyl sites for hydroxylation is 2. The Labute approximate surface area is 136 Å². The zero-order chi connectivity index (χ0) is 15.8. The van der Waals surface area contributed by atoms with E-state index in [2.05, 4.69) is 56.7 Å². The predicted octanol–water partition coefficient (Wildman–Crippen LogP) is 2.50. The Balaban J connectivity index is 1.70. The Hall–Kier alpha value is -2.40. The van der Waals surface area contributed by atoms with Gasteiger partial charge in [0.05, 0.1) is 5.69 Å². The van der Waals surface area contributed by atoms with Crippen molar-refractivity contribution in [2.75, 3.05) is 24.5 Å². The van der Waals surface area contributed by atoms with Gasteiger partial charge in [0.2, 0.25) is 0 Å². The van der Waals surface area contributed by atoms with Crippen molar-refractivity contribution >= 4 is 11.5 Å². The molecule has 3 aromatic rings. The molecule has 2 aromatic heterocycles. The van der Waals surface area contributed by atoms with Crippen LogP contribution < -0.4 is 10.2 Å². The molecule has 0 saturated carbocycles. The van der Waals surface area contributed by atoms with E-state index in [9.17, 15) is 0 Å². The van der Waals surface area contributed by atoms with Crippen LogP contribution in [0.15, 0.2) is 42.5 Å². The molecule has 23 heavy (non-hydrogen) atoms. The van der Waals surface area contributed by atoms with Gasteiger partial charge in [-0.1, -0.05) is 30.3 Å². The molecule has 0 amide bonds. The molecular weight excluding hydrogens is 286 g/mol. The molecule has 3 heterocycles. The maximum absolute atomic E-state index is 4.62. The number of nitrogens with one attached hydrogen (secondary N) is 1. The van der Waals surface area contributed by atoms with E-state index in [1.165, 1.54) is 5.56 Å². The molecule has 1 aromatic carbocycles. The van der Waals surface area contributed by atoms with Gasteiger partial charge in [-0.25, -0.2) is 4.98 Å². The molecule has 0 unspecified atom stereocenters. The zero-order valence-electron chi connectivity index (χ0n) is 13.5. The Kier molecular flexibility index (Phi) is 3.50. The molecular formula is C18H21N5. The first-order valence-electron chi connectivity index (χ1n) is 8.08. The highest BCUT2D eigenvalue weighted by Crippen LogP contribution is 2.24. The van der Waals surface area contributed by atoms with E-state index < -0.39 is 0 Å². The van der Waals surface area contributed by atoms with Gasteiger partial charge in [0.25, 0.3) is 0 Å². The smallest absolute Gasteiger partial charge is 0.157 e. The Morgan fingerprint density at radius 3 is 2.74 bits per heavy atom. The van der Waals surface area contributed by atoms with Crippen molar-refractivity contribution in [3.63, 3.8) is 0 Å². The van der Waals surface area contributed by atoms with Gasteiger partial charge in [-0.3, -0.25) is 0 Å². The molecule has 1 atom stereocenters. The second-order valence-electron chi connectivity index (χ2n) is 6.17. The molecule has 0 aliphatic carbocycles. The lowest BCUT2D eigenvalue weighted by Gasteiger charge is -2.35. The van der Waals surface area contributed by atoms with Gasteiger partial charge >= 0.3 is 0 Å². The maximum atomic E-state index is 4.62. The number of nitrogens with zero attached hydrogens (tertiary/aromatic N) is 4. The summed E-state index contributed by atoms with van der Waals surface area (Å²) in [4.78, 5) is 6.99. The molecule has 4 rings (SSSR count). The van der Waals surface area contributed by atoms with E-state index in [-0.39, 0.29) is 0 Å². The summed E-state index contributed by atoms with van der Waals surface area (Å²) in [5, 5.41) is 8.24. The quantitative estimate of drug-likeness (QED) is 0.790. The number of rotatable bonds is 2. The van der Waals surface area contributed by atoms with Crippen LogP contribution in [0.4, 0.5) is 5.82 Å². The minimum absolute atomic E-state index is 0.338. The number of hydrogen-bond acceptors (Lipinski definition) is 4. The van der Waals surface area contributed by atoms with Crippen molar-refractivity contribution in [2.24, 2.45) is 0 Å². The largest absolute Gasteiger partial charge is 0.353 e. The first kappa shape index (κ1) is 14.2. The molecule has 5 nitrogen and oxygen atoms in total. The summed E-state index contributed by atoms with van der Waals surface area (Å²) in [6.07, 6.45) is 0. The Bertz CT molecular complexity index is 824. The molecule has 0 bridgehead atoms. The Morgan fingerprint density at radius 1 is 1.09 bits per heavy atom. The molecule has 118 valence electrons. The minimum atomic E-state index is 0.338. The van der Waals surface area contributed by atoms with Gasteiger partial charge in [-0.05, 0) is 19.4 Å². The average molecular weight is 307 g/mol. The summed E-state index contributed by atoms with van der Waals surface area (Å²) in [5.74, 6) is 1.13. The Morgan fingerprint density at radius 2 is 1.91 bits per heavy atom. The van der Waals surface area contributed by atoms with Crippen LogP contribution in [0.2, 0.25) is 0 Å². The molecule has 1 aliphatic heterocycles. The molecule has 0 radical (unpaired) electrons. The fourth-order valence-corrected chi connectivity index (χ4v) is 3.29. The molecule has 1 saturated heterocycles. The van der Waals surface area contributed by atoms with E-state index in [4.69, 9.17) is 0 Å². The number of piperazine rings is 1. The van der Waals surface area contributed by atoms with Crippen LogP contribution in [-0.2, 0) is 0 Å². The van der Waals surface area contributed by atoms with Crippen molar-refractivity contribution in [1.29, 1.82) is 0 Å². The maximum Gasteiger partial charge on any atom is 0.157 e. The summed E-state index contributed by atoms with van der Waals surface area (Å²) in [7, 11) is 0. The van der Waals surface area contributed by atoms with Crippen molar-refractivity contribution < 1.29 is 0 Å². The van der Waals surface area contributed by atoms with E-state index in [0.717, 1.165) is 42.5 Å². The third-order valence-corrected chi connectivity index (χ3v) is 4.36. The summed E-state index contributed by atoms with van der Waals surface area (Å²) in [5.41, 5.74) is 4.28. The SMILES string of the molecule is Cc1cc(N2CCN[C@H](c3ccccc3)C2)n2nc(C)cc2n1. The third kappa shape index (κ3) is 2.68. The fourth-order valence-electron chi connectivity index (χ4n) is 3.29. The number of hydrogen-bond donors (Lipinski definition) is 1. The number of anilines is 1. The first-order valence-corrected chi connectivity index (χ1v) is 8.08. The third-order valence-electron chi connectivity index (χ3n) is 4.36. The van der Waals surface area contributed by atoms with Gasteiger partial charge in [-0.2, -0.15) is 9.61 Å². The summed E-state index contributed by atoms with van der Waals surface area (Å²) in [6, 6.07) is 15.1. The second kappa shape index (κ2) is 5.66. The fraction of sp³-hybridized carbons (Fsp3) is 0.333. The van der Waals surface area contributed by atoms with Crippen molar-refractivity contribution in [1.82, 2.24) is 19.9 Å². The van der Waals surface area contributed by atoms with Crippen LogP contribution in [0.25, 0.3) is 5.65 Å². The van der Waals surface area contributed by atoms with E-state index in [1.807, 2.05) is 24.4 Å².